The summed E-state index contributed by atoms with van der Waals surface area (Å²) in [6.07, 6.45) is 5.00. The van der Waals surface area contributed by atoms with Crippen molar-refractivity contribution in [2.75, 3.05) is 36.1 Å². The molecule has 6 nitrogen and oxygen atoms in total. The fourth-order valence-corrected chi connectivity index (χ4v) is 2.97. The number of pyridine rings is 1. The maximum Gasteiger partial charge on any atom is 0.149 e. The van der Waals surface area contributed by atoms with Gasteiger partial charge < -0.3 is 11.1 Å². The largest absolute Gasteiger partial charge is 0.384 e. The molecule has 1 aromatic carbocycles. The van der Waals surface area contributed by atoms with E-state index in [1.807, 2.05) is 24.3 Å². The Bertz CT molecular complexity index is 917. The SMILES string of the molecule is CS(=O)(=O)CCNc1cc(N)nc2cc(C3=CC=NC3)ccc12. The van der Waals surface area contributed by atoms with Crippen LogP contribution in [-0.4, -0.2) is 44.7 Å². The summed E-state index contributed by atoms with van der Waals surface area (Å²) >= 11 is 0. The number of sulfone groups is 1. The van der Waals surface area contributed by atoms with E-state index in [9.17, 15) is 8.42 Å². The van der Waals surface area contributed by atoms with Crippen molar-refractivity contribution in [3.63, 3.8) is 0 Å². The number of nitrogens with zero attached hydrogens (tertiary/aromatic N) is 2. The van der Waals surface area contributed by atoms with Gasteiger partial charge in [-0.25, -0.2) is 13.4 Å². The van der Waals surface area contributed by atoms with Crippen LogP contribution in [0.1, 0.15) is 5.56 Å². The Labute approximate surface area is 135 Å². The first-order valence-electron chi connectivity index (χ1n) is 7.24. The maximum absolute atomic E-state index is 11.2. The lowest BCUT2D eigenvalue weighted by Gasteiger charge is -2.11. The third kappa shape index (κ3) is 3.68. The molecule has 0 amide bonds. The van der Waals surface area contributed by atoms with Gasteiger partial charge in [-0.1, -0.05) is 12.1 Å². The topological polar surface area (TPSA) is 97.4 Å². The highest BCUT2D eigenvalue weighted by atomic mass is 32.2. The molecule has 0 saturated carbocycles. The number of anilines is 2. The highest BCUT2D eigenvalue weighted by Crippen LogP contribution is 2.28. The molecule has 3 N–H and O–H groups in total. The van der Waals surface area contributed by atoms with Crippen LogP contribution in [0.4, 0.5) is 11.5 Å². The molecule has 120 valence electrons. The van der Waals surface area contributed by atoms with Gasteiger partial charge in [-0.05, 0) is 23.3 Å². The van der Waals surface area contributed by atoms with Crippen LogP contribution in [0.25, 0.3) is 16.5 Å². The van der Waals surface area contributed by atoms with Gasteiger partial charge in [-0.2, -0.15) is 0 Å². The molecule has 1 aliphatic heterocycles. The maximum atomic E-state index is 11.2. The van der Waals surface area contributed by atoms with E-state index in [0.717, 1.165) is 27.7 Å². The number of nitrogens with two attached hydrogens (primary N) is 1. The minimum Gasteiger partial charge on any atom is -0.384 e. The van der Waals surface area contributed by atoms with E-state index < -0.39 is 9.84 Å². The predicted molar refractivity (Wildman–Crippen MR) is 95.7 cm³/mol. The number of hydrogen-bond acceptors (Lipinski definition) is 6. The van der Waals surface area contributed by atoms with E-state index in [2.05, 4.69) is 15.3 Å². The lowest BCUT2D eigenvalue weighted by atomic mass is 10.0. The molecule has 7 heteroatoms. The second-order valence-corrected chi connectivity index (χ2v) is 7.82. The van der Waals surface area contributed by atoms with Gasteiger partial charge in [-0.15, -0.1) is 0 Å². The average Bonchev–Trinajstić information content (AvgIpc) is 2.99. The summed E-state index contributed by atoms with van der Waals surface area (Å²) in [6.45, 7) is 1.01. The normalized spacial score (nSPS) is 14.2. The molecule has 0 atom stereocenters. The summed E-state index contributed by atoms with van der Waals surface area (Å²) in [5.74, 6) is 0.465. The Balaban J connectivity index is 1.92. The molecule has 1 aliphatic rings. The van der Waals surface area contributed by atoms with Crippen molar-refractivity contribution >= 4 is 44.0 Å². The van der Waals surface area contributed by atoms with Gasteiger partial charge in [0.2, 0.25) is 0 Å². The lowest BCUT2D eigenvalue weighted by molar-refractivity contribution is 0.602. The first kappa shape index (κ1) is 15.5. The molecule has 0 unspecified atom stereocenters. The summed E-state index contributed by atoms with van der Waals surface area (Å²) in [4.78, 5) is 8.56. The minimum atomic E-state index is -3.01. The summed E-state index contributed by atoms with van der Waals surface area (Å²) in [7, 11) is -3.01. The molecule has 2 heterocycles. The smallest absolute Gasteiger partial charge is 0.149 e. The summed E-state index contributed by atoms with van der Waals surface area (Å²) in [6, 6.07) is 7.69. The van der Waals surface area contributed by atoms with E-state index >= 15 is 0 Å². The monoisotopic (exact) mass is 330 g/mol. The van der Waals surface area contributed by atoms with Gasteiger partial charge in [0, 0.05) is 36.2 Å². The third-order valence-corrected chi connectivity index (χ3v) is 4.58. The molecular formula is C16H18N4O2S. The van der Waals surface area contributed by atoms with Crippen molar-refractivity contribution in [1.82, 2.24) is 4.98 Å². The fraction of sp³-hybridized carbons (Fsp3) is 0.250. The Morgan fingerprint density at radius 3 is 2.83 bits per heavy atom. The first-order valence-corrected chi connectivity index (χ1v) is 9.30. The fourth-order valence-electron chi connectivity index (χ4n) is 2.50. The molecule has 0 aliphatic carbocycles. The molecule has 0 radical (unpaired) electrons. The van der Waals surface area contributed by atoms with Crippen LogP contribution in [0.3, 0.4) is 0 Å². The van der Waals surface area contributed by atoms with Crippen molar-refractivity contribution in [2.45, 2.75) is 0 Å². The number of nitrogen functional groups attached to an aromatic ring is 1. The highest BCUT2D eigenvalue weighted by Gasteiger charge is 2.10. The van der Waals surface area contributed by atoms with Crippen LogP contribution >= 0.6 is 0 Å². The van der Waals surface area contributed by atoms with Crippen molar-refractivity contribution in [3.05, 3.63) is 35.9 Å². The molecule has 0 spiro atoms. The predicted octanol–water partition coefficient (Wildman–Crippen LogP) is 1.74. The number of aliphatic imine (C=N–C) groups is 1. The second kappa shape index (κ2) is 6.00. The van der Waals surface area contributed by atoms with E-state index in [-0.39, 0.29) is 5.75 Å². The van der Waals surface area contributed by atoms with Gasteiger partial charge in [0.1, 0.15) is 15.7 Å². The third-order valence-electron chi connectivity index (χ3n) is 3.63. The molecule has 0 bridgehead atoms. The van der Waals surface area contributed by atoms with Gasteiger partial charge in [-0.3, -0.25) is 4.99 Å². The van der Waals surface area contributed by atoms with Crippen LogP contribution < -0.4 is 11.1 Å². The summed E-state index contributed by atoms with van der Waals surface area (Å²) in [5, 5.41) is 4.05. The number of allylic oxidation sites excluding steroid dienone is 1. The van der Waals surface area contributed by atoms with Crippen LogP contribution in [0.5, 0.6) is 0 Å². The quantitative estimate of drug-likeness (QED) is 0.870. The molecule has 3 rings (SSSR count). The van der Waals surface area contributed by atoms with Crippen molar-refractivity contribution < 1.29 is 8.42 Å². The molecule has 23 heavy (non-hydrogen) atoms. The molecule has 2 aromatic rings. The van der Waals surface area contributed by atoms with E-state index in [1.165, 1.54) is 6.26 Å². The van der Waals surface area contributed by atoms with Crippen LogP contribution in [-0.2, 0) is 9.84 Å². The number of nitrogens with one attached hydrogen (secondary N) is 1. The van der Waals surface area contributed by atoms with Crippen molar-refractivity contribution in [1.29, 1.82) is 0 Å². The molecule has 1 aromatic heterocycles. The van der Waals surface area contributed by atoms with Gasteiger partial charge >= 0.3 is 0 Å². The Morgan fingerprint density at radius 2 is 2.13 bits per heavy atom. The zero-order valence-electron chi connectivity index (χ0n) is 12.8. The highest BCUT2D eigenvalue weighted by molar-refractivity contribution is 7.90. The Hall–Kier alpha value is -2.41. The number of rotatable bonds is 5. The second-order valence-electron chi connectivity index (χ2n) is 5.56. The van der Waals surface area contributed by atoms with Crippen LogP contribution in [0, 0.1) is 0 Å². The Kier molecular flexibility index (Phi) is 4.04. The summed E-state index contributed by atoms with van der Waals surface area (Å²) < 4.78 is 22.5. The minimum absolute atomic E-state index is 0.0685. The first-order chi connectivity index (χ1) is 10.9. The molecular weight excluding hydrogens is 312 g/mol. The van der Waals surface area contributed by atoms with Gasteiger partial charge in [0.25, 0.3) is 0 Å². The number of benzene rings is 1. The molecule has 0 fully saturated rings. The average molecular weight is 330 g/mol. The summed E-state index contributed by atoms with van der Waals surface area (Å²) in [5.41, 5.74) is 9.65. The zero-order valence-corrected chi connectivity index (χ0v) is 13.6. The number of fused-ring (bicyclic) bond motifs is 1. The lowest BCUT2D eigenvalue weighted by Crippen LogP contribution is -2.14. The van der Waals surface area contributed by atoms with Gasteiger partial charge in [0.05, 0.1) is 17.8 Å². The zero-order chi connectivity index (χ0) is 16.4. The number of aromatic nitrogens is 1. The van der Waals surface area contributed by atoms with E-state index in [0.29, 0.717) is 18.9 Å². The van der Waals surface area contributed by atoms with Crippen molar-refractivity contribution in [3.8, 4) is 0 Å². The molecule has 0 saturated heterocycles. The Morgan fingerprint density at radius 1 is 1.30 bits per heavy atom. The van der Waals surface area contributed by atoms with Crippen molar-refractivity contribution in [2.24, 2.45) is 4.99 Å². The standard InChI is InChI=1S/C16H18N4O2S/c1-23(21,22)7-6-19-14-9-16(17)20-15-8-11(2-3-13(14)15)12-4-5-18-10-12/h2-5,8-9H,6-7,10H2,1H3,(H3,17,19,20). The van der Waals surface area contributed by atoms with Gasteiger partial charge in [0.15, 0.2) is 0 Å². The number of hydrogen-bond donors (Lipinski definition) is 2. The van der Waals surface area contributed by atoms with E-state index in [4.69, 9.17) is 5.73 Å². The van der Waals surface area contributed by atoms with Crippen LogP contribution in [0.15, 0.2) is 35.3 Å². The van der Waals surface area contributed by atoms with E-state index in [1.54, 1.807) is 12.3 Å². The van der Waals surface area contributed by atoms with Crippen LogP contribution in [0.2, 0.25) is 0 Å².